The molecule has 0 saturated heterocycles. The maximum Gasteiger partial charge on any atom is 0.372 e. The molecule has 2 aromatic rings. The molecule has 0 fully saturated rings. The van der Waals surface area contributed by atoms with Crippen LogP contribution in [0.5, 0.6) is 5.75 Å². The highest BCUT2D eigenvalue weighted by Crippen LogP contribution is 2.34. The average Bonchev–Trinajstić information content (AvgIpc) is 2.78. The first-order valence-electron chi connectivity index (χ1n) is 5.78. The molecule has 0 aliphatic rings. The highest BCUT2D eigenvalue weighted by atomic mass is 79.9. The molecule has 1 aromatic carbocycles. The van der Waals surface area contributed by atoms with Crippen LogP contribution in [-0.2, 0) is 6.61 Å². The second-order valence-electron chi connectivity index (χ2n) is 4.17. The van der Waals surface area contributed by atoms with Gasteiger partial charge in [-0.15, -0.1) is 0 Å². The van der Waals surface area contributed by atoms with E-state index in [9.17, 15) is 14.9 Å². The van der Waals surface area contributed by atoms with Crippen molar-refractivity contribution in [1.82, 2.24) is 0 Å². The molecule has 7 nitrogen and oxygen atoms in total. The molecule has 0 aliphatic heterocycles. The SMILES string of the molecule is Cc1cc(COc2cccc([N+](=O)[O-])c2Br)oc1C(=O)O. The van der Waals surface area contributed by atoms with Crippen LogP contribution in [0.2, 0.25) is 0 Å². The van der Waals surface area contributed by atoms with E-state index in [1.54, 1.807) is 19.1 Å². The fourth-order valence-corrected chi connectivity index (χ4v) is 2.26. The number of nitro groups is 1. The smallest absolute Gasteiger partial charge is 0.372 e. The molecular weight excluding hydrogens is 346 g/mol. The normalized spacial score (nSPS) is 10.4. The Bertz CT molecular complexity index is 709. The van der Waals surface area contributed by atoms with Crippen LogP contribution in [0.15, 0.2) is 33.2 Å². The van der Waals surface area contributed by atoms with Gasteiger partial charge in [-0.2, -0.15) is 0 Å². The summed E-state index contributed by atoms with van der Waals surface area (Å²) in [6, 6.07) is 5.95. The largest absolute Gasteiger partial charge is 0.484 e. The molecule has 0 amide bonds. The van der Waals surface area contributed by atoms with Crippen LogP contribution in [0.4, 0.5) is 5.69 Å². The van der Waals surface area contributed by atoms with Gasteiger partial charge < -0.3 is 14.3 Å². The minimum atomic E-state index is -1.16. The summed E-state index contributed by atoms with van der Waals surface area (Å²) in [6.07, 6.45) is 0. The third-order valence-electron chi connectivity index (χ3n) is 2.67. The van der Waals surface area contributed by atoms with E-state index >= 15 is 0 Å². The molecule has 8 heteroatoms. The maximum absolute atomic E-state index is 10.9. The predicted octanol–water partition coefficient (Wildman–Crippen LogP) is 3.54. The lowest BCUT2D eigenvalue weighted by Crippen LogP contribution is -1.97. The van der Waals surface area contributed by atoms with Crippen molar-refractivity contribution in [2.24, 2.45) is 0 Å². The average molecular weight is 356 g/mol. The topological polar surface area (TPSA) is 103 Å². The zero-order chi connectivity index (χ0) is 15.6. The molecule has 0 atom stereocenters. The van der Waals surface area contributed by atoms with E-state index in [0.717, 1.165) is 0 Å². The number of aryl methyl sites for hydroxylation is 1. The van der Waals surface area contributed by atoms with Crippen molar-refractivity contribution >= 4 is 27.6 Å². The quantitative estimate of drug-likeness (QED) is 0.649. The van der Waals surface area contributed by atoms with E-state index in [-0.39, 0.29) is 28.3 Å². The lowest BCUT2D eigenvalue weighted by atomic mass is 10.2. The fraction of sp³-hybridized carbons (Fsp3) is 0.154. The molecule has 0 radical (unpaired) electrons. The number of nitrogens with zero attached hydrogens (tertiary/aromatic N) is 1. The number of hydrogen-bond donors (Lipinski definition) is 1. The Kier molecular flexibility index (Phi) is 4.27. The van der Waals surface area contributed by atoms with Crippen molar-refractivity contribution in [3.63, 3.8) is 0 Å². The number of rotatable bonds is 5. The van der Waals surface area contributed by atoms with Crippen molar-refractivity contribution in [1.29, 1.82) is 0 Å². The van der Waals surface area contributed by atoms with Crippen LogP contribution in [0.1, 0.15) is 21.9 Å². The van der Waals surface area contributed by atoms with Crippen LogP contribution >= 0.6 is 15.9 Å². The summed E-state index contributed by atoms with van der Waals surface area (Å²) in [7, 11) is 0. The summed E-state index contributed by atoms with van der Waals surface area (Å²) >= 11 is 3.11. The van der Waals surface area contributed by atoms with E-state index in [0.29, 0.717) is 11.3 Å². The van der Waals surface area contributed by atoms with Crippen LogP contribution in [-0.4, -0.2) is 16.0 Å². The van der Waals surface area contributed by atoms with Crippen molar-refractivity contribution < 1.29 is 24.0 Å². The van der Waals surface area contributed by atoms with Crippen LogP contribution in [0.25, 0.3) is 0 Å². The number of aromatic carboxylic acids is 1. The van der Waals surface area contributed by atoms with Crippen molar-refractivity contribution in [2.45, 2.75) is 13.5 Å². The molecule has 0 aliphatic carbocycles. The van der Waals surface area contributed by atoms with Gasteiger partial charge in [-0.25, -0.2) is 4.79 Å². The zero-order valence-electron chi connectivity index (χ0n) is 10.8. The van der Waals surface area contributed by atoms with Gasteiger partial charge in [-0.05, 0) is 35.0 Å². The Hall–Kier alpha value is -2.35. The van der Waals surface area contributed by atoms with Gasteiger partial charge in [-0.3, -0.25) is 10.1 Å². The molecule has 1 heterocycles. The Morgan fingerprint density at radius 2 is 2.24 bits per heavy atom. The Labute approximate surface area is 127 Å². The Morgan fingerprint density at radius 1 is 1.52 bits per heavy atom. The van der Waals surface area contributed by atoms with Gasteiger partial charge >= 0.3 is 5.97 Å². The van der Waals surface area contributed by atoms with Gasteiger partial charge in [0, 0.05) is 11.6 Å². The van der Waals surface area contributed by atoms with E-state index < -0.39 is 10.9 Å². The van der Waals surface area contributed by atoms with E-state index in [1.807, 2.05) is 0 Å². The first-order chi connectivity index (χ1) is 9.90. The summed E-state index contributed by atoms with van der Waals surface area (Å²) in [5, 5.41) is 19.7. The minimum absolute atomic E-state index is 0.0338. The highest BCUT2D eigenvalue weighted by Gasteiger charge is 2.18. The lowest BCUT2D eigenvalue weighted by Gasteiger charge is -2.06. The predicted molar refractivity (Wildman–Crippen MR) is 75.5 cm³/mol. The summed E-state index contributed by atoms with van der Waals surface area (Å²) < 4.78 is 10.8. The second-order valence-corrected chi connectivity index (χ2v) is 4.96. The first kappa shape index (κ1) is 15.0. The fourth-order valence-electron chi connectivity index (χ4n) is 1.73. The van der Waals surface area contributed by atoms with Crippen molar-refractivity contribution in [3.8, 4) is 5.75 Å². The molecule has 2 rings (SSSR count). The van der Waals surface area contributed by atoms with E-state index in [4.69, 9.17) is 14.3 Å². The minimum Gasteiger partial charge on any atom is -0.484 e. The lowest BCUT2D eigenvalue weighted by molar-refractivity contribution is -0.385. The Morgan fingerprint density at radius 3 is 2.81 bits per heavy atom. The Balaban J connectivity index is 2.17. The van der Waals surface area contributed by atoms with Gasteiger partial charge in [0.2, 0.25) is 5.76 Å². The number of benzene rings is 1. The number of hydrogen-bond acceptors (Lipinski definition) is 5. The maximum atomic E-state index is 10.9. The molecule has 110 valence electrons. The number of carbonyl (C=O) groups is 1. The van der Waals surface area contributed by atoms with Crippen LogP contribution < -0.4 is 4.74 Å². The number of ether oxygens (including phenoxy) is 1. The number of furan rings is 1. The van der Waals surface area contributed by atoms with Crippen molar-refractivity contribution in [3.05, 3.63) is 55.9 Å². The third kappa shape index (κ3) is 3.22. The molecule has 1 N–H and O–H groups in total. The van der Waals surface area contributed by atoms with Crippen LogP contribution in [0.3, 0.4) is 0 Å². The number of carboxylic acids is 1. The van der Waals surface area contributed by atoms with Gasteiger partial charge in [0.05, 0.1) is 4.92 Å². The van der Waals surface area contributed by atoms with Gasteiger partial charge in [0.1, 0.15) is 22.6 Å². The van der Waals surface area contributed by atoms with Crippen molar-refractivity contribution in [2.75, 3.05) is 0 Å². The van der Waals surface area contributed by atoms with Crippen LogP contribution in [0, 0.1) is 17.0 Å². The zero-order valence-corrected chi connectivity index (χ0v) is 12.4. The van der Waals surface area contributed by atoms with Gasteiger partial charge in [0.15, 0.2) is 0 Å². The second kappa shape index (κ2) is 5.96. The summed E-state index contributed by atoms with van der Waals surface area (Å²) in [6.45, 7) is 1.58. The molecule has 0 spiro atoms. The van der Waals surface area contributed by atoms with E-state index in [2.05, 4.69) is 15.9 Å². The van der Waals surface area contributed by atoms with Gasteiger partial charge in [-0.1, -0.05) is 6.07 Å². The monoisotopic (exact) mass is 355 g/mol. The molecule has 0 unspecified atom stereocenters. The molecule has 0 bridgehead atoms. The highest BCUT2D eigenvalue weighted by molar-refractivity contribution is 9.10. The molecule has 0 saturated carbocycles. The summed E-state index contributed by atoms with van der Waals surface area (Å²) in [5.74, 6) is -0.708. The third-order valence-corrected chi connectivity index (χ3v) is 3.47. The summed E-state index contributed by atoms with van der Waals surface area (Å²) in [5.41, 5.74) is 0.369. The summed E-state index contributed by atoms with van der Waals surface area (Å²) in [4.78, 5) is 21.1. The molecule has 1 aromatic heterocycles. The standard InChI is InChI=1S/C13H10BrNO6/c1-7-5-8(21-12(7)13(16)17)6-20-10-4-2-3-9(11(10)14)15(18)19/h2-5H,6H2,1H3,(H,16,17). The number of nitro benzene ring substituents is 1. The molecular formula is C13H10BrNO6. The number of halogens is 1. The van der Waals surface area contributed by atoms with Gasteiger partial charge in [0.25, 0.3) is 5.69 Å². The van der Waals surface area contributed by atoms with E-state index in [1.165, 1.54) is 12.1 Å². The number of carboxylic acid groups (broad SMARTS) is 1. The first-order valence-corrected chi connectivity index (χ1v) is 6.57. The molecule has 21 heavy (non-hydrogen) atoms.